The number of sulfonamides is 1. The fraction of sp³-hybridized carbons (Fsp3) is 1.00. The molecule has 0 saturated heterocycles. The summed E-state index contributed by atoms with van der Waals surface area (Å²) in [7, 11) is -3.57. The van der Waals surface area contributed by atoms with Crippen LogP contribution in [0.25, 0.3) is 0 Å². The second kappa shape index (κ2) is 4.04. The Hall–Kier alpha value is 0.0200. The molecule has 0 aromatic heterocycles. The van der Waals surface area contributed by atoms with Crippen molar-refractivity contribution in [3.8, 4) is 0 Å². The third-order valence-electron chi connectivity index (χ3n) is 2.31. The summed E-state index contributed by atoms with van der Waals surface area (Å²) in [5, 5.41) is 3.72. The quantitative estimate of drug-likeness (QED) is 0.639. The van der Waals surface area contributed by atoms with E-state index in [0.29, 0.717) is 19.3 Å². The first-order valence-electron chi connectivity index (χ1n) is 4.01. The Morgan fingerprint density at radius 3 is 2.46 bits per heavy atom. The molecule has 0 aliphatic heterocycles. The summed E-state index contributed by atoms with van der Waals surface area (Å²) in [5.41, 5.74) is 0. The van der Waals surface area contributed by atoms with Crippen molar-refractivity contribution < 1.29 is 17.2 Å². The Morgan fingerprint density at radius 2 is 2.00 bits per heavy atom. The van der Waals surface area contributed by atoms with Gasteiger partial charge < -0.3 is 4.55 Å². The molecule has 0 aromatic carbocycles. The maximum atomic E-state index is 10.9. The van der Waals surface area contributed by atoms with Gasteiger partial charge in [0.2, 0.25) is 10.0 Å². The molecular formula is C6H12NO4S2-. The molecule has 5 nitrogen and oxygen atoms in total. The summed E-state index contributed by atoms with van der Waals surface area (Å²) in [6.45, 7) is 0. The Kier molecular flexibility index (Phi) is 3.44. The maximum Gasteiger partial charge on any atom is 0.212 e. The highest BCUT2D eigenvalue weighted by Gasteiger charge is 2.29. The molecule has 78 valence electrons. The normalized spacial score (nSPS) is 32.8. The molecule has 0 spiro atoms. The maximum absolute atomic E-state index is 10.9. The number of primary sulfonamides is 1. The molecular weight excluding hydrogens is 214 g/mol. The molecule has 7 heteroatoms. The van der Waals surface area contributed by atoms with E-state index in [1.54, 1.807) is 0 Å². The van der Waals surface area contributed by atoms with E-state index < -0.39 is 31.6 Å². The van der Waals surface area contributed by atoms with E-state index in [0.717, 1.165) is 0 Å². The highest BCUT2D eigenvalue weighted by molar-refractivity contribution is 7.89. The van der Waals surface area contributed by atoms with Crippen LogP contribution in [0.3, 0.4) is 0 Å². The summed E-state index contributed by atoms with van der Waals surface area (Å²) >= 11 is -2.18. The third kappa shape index (κ3) is 3.01. The largest absolute Gasteiger partial charge is 0.772 e. The Morgan fingerprint density at radius 1 is 1.38 bits per heavy atom. The lowest BCUT2D eigenvalue weighted by molar-refractivity contribution is 0.454. The highest BCUT2D eigenvalue weighted by Crippen LogP contribution is 2.25. The number of hydrogen-bond donors (Lipinski definition) is 1. The molecule has 2 N–H and O–H groups in total. The fourth-order valence-electron chi connectivity index (χ4n) is 1.58. The summed E-state index contributed by atoms with van der Waals surface area (Å²) in [5.74, 6) is 0. The SMILES string of the molecule is NS(=O)(=O)C1CCCC(S(=O)[O-])C1. The molecule has 0 bridgehead atoms. The molecule has 1 rings (SSSR count). The van der Waals surface area contributed by atoms with Gasteiger partial charge in [0.15, 0.2) is 0 Å². The van der Waals surface area contributed by atoms with Gasteiger partial charge in [-0.05, 0) is 19.3 Å². The van der Waals surface area contributed by atoms with Gasteiger partial charge in [-0.1, -0.05) is 17.5 Å². The van der Waals surface area contributed by atoms with Crippen molar-refractivity contribution in [2.75, 3.05) is 0 Å². The summed E-state index contributed by atoms with van der Waals surface area (Å²) < 4.78 is 43.0. The van der Waals surface area contributed by atoms with Crippen LogP contribution in [-0.2, 0) is 21.1 Å². The molecule has 1 fully saturated rings. The van der Waals surface area contributed by atoms with Crippen molar-refractivity contribution in [1.29, 1.82) is 0 Å². The molecule has 0 radical (unpaired) electrons. The first kappa shape index (κ1) is 11.1. The topological polar surface area (TPSA) is 100 Å². The monoisotopic (exact) mass is 226 g/mol. The van der Waals surface area contributed by atoms with Gasteiger partial charge in [-0.25, -0.2) is 13.6 Å². The zero-order valence-corrected chi connectivity index (χ0v) is 8.64. The molecule has 0 aromatic rings. The summed E-state index contributed by atoms with van der Waals surface area (Å²) in [6.07, 6.45) is 1.78. The molecule has 1 aliphatic carbocycles. The lowest BCUT2D eigenvalue weighted by Crippen LogP contribution is -2.36. The minimum atomic E-state index is -3.57. The minimum Gasteiger partial charge on any atom is -0.772 e. The first-order chi connectivity index (χ1) is 5.91. The van der Waals surface area contributed by atoms with Crippen LogP contribution in [0, 0.1) is 0 Å². The molecule has 1 saturated carbocycles. The van der Waals surface area contributed by atoms with Gasteiger partial charge in [0, 0.05) is 5.25 Å². The van der Waals surface area contributed by atoms with E-state index in [-0.39, 0.29) is 6.42 Å². The van der Waals surface area contributed by atoms with Crippen LogP contribution in [0.2, 0.25) is 0 Å². The van der Waals surface area contributed by atoms with E-state index in [9.17, 15) is 17.2 Å². The van der Waals surface area contributed by atoms with Gasteiger partial charge in [0.1, 0.15) is 0 Å². The Labute approximate surface area is 80.0 Å². The average Bonchev–Trinajstić information content (AvgIpc) is 2.03. The standard InChI is InChI=1S/C6H13NO4S2/c7-13(10,11)6-3-1-2-5(4-6)12(8)9/h5-6H,1-4H2,(H,8,9)(H2,7,10,11)/p-1. The second-order valence-corrected chi connectivity index (χ2v) is 6.29. The average molecular weight is 226 g/mol. The predicted molar refractivity (Wildman–Crippen MR) is 48.1 cm³/mol. The van der Waals surface area contributed by atoms with Crippen LogP contribution in [0.4, 0.5) is 0 Å². The van der Waals surface area contributed by atoms with Crippen molar-refractivity contribution in [1.82, 2.24) is 0 Å². The van der Waals surface area contributed by atoms with E-state index >= 15 is 0 Å². The van der Waals surface area contributed by atoms with Crippen LogP contribution in [0.5, 0.6) is 0 Å². The first-order valence-corrected chi connectivity index (χ1v) is 6.75. The van der Waals surface area contributed by atoms with Crippen molar-refractivity contribution in [3.63, 3.8) is 0 Å². The molecule has 0 heterocycles. The second-order valence-electron chi connectivity index (χ2n) is 3.26. The van der Waals surface area contributed by atoms with Crippen molar-refractivity contribution in [2.24, 2.45) is 5.14 Å². The van der Waals surface area contributed by atoms with E-state index in [4.69, 9.17) is 5.14 Å². The predicted octanol–water partition coefficient (Wildman–Crippen LogP) is -0.535. The molecule has 13 heavy (non-hydrogen) atoms. The zero-order valence-electron chi connectivity index (χ0n) is 7.01. The van der Waals surface area contributed by atoms with Crippen molar-refractivity contribution in [2.45, 2.75) is 36.2 Å². The van der Waals surface area contributed by atoms with Crippen LogP contribution in [0.15, 0.2) is 0 Å². The number of rotatable bonds is 2. The number of hydrogen-bond acceptors (Lipinski definition) is 4. The van der Waals surface area contributed by atoms with Gasteiger partial charge in [0.25, 0.3) is 0 Å². The van der Waals surface area contributed by atoms with Crippen molar-refractivity contribution >= 4 is 21.1 Å². The zero-order chi connectivity index (χ0) is 10.1. The molecule has 0 amide bonds. The smallest absolute Gasteiger partial charge is 0.212 e. The summed E-state index contributed by atoms with van der Waals surface area (Å²) in [4.78, 5) is 0. The fourth-order valence-corrected chi connectivity index (χ4v) is 3.44. The molecule has 3 atom stereocenters. The van der Waals surface area contributed by atoms with Gasteiger partial charge >= 0.3 is 0 Å². The molecule has 3 unspecified atom stereocenters. The van der Waals surface area contributed by atoms with Crippen molar-refractivity contribution in [3.05, 3.63) is 0 Å². The minimum absolute atomic E-state index is 0.148. The van der Waals surface area contributed by atoms with Crippen LogP contribution < -0.4 is 5.14 Å². The number of nitrogens with two attached hydrogens (primary N) is 1. The van der Waals surface area contributed by atoms with Gasteiger partial charge in [0.05, 0.1) is 5.25 Å². The van der Waals surface area contributed by atoms with Gasteiger partial charge in [-0.15, -0.1) is 0 Å². The van der Waals surface area contributed by atoms with Crippen LogP contribution >= 0.6 is 0 Å². The Balaban J connectivity index is 2.67. The van der Waals surface area contributed by atoms with Crippen LogP contribution in [0.1, 0.15) is 25.7 Å². The highest BCUT2D eigenvalue weighted by atomic mass is 32.2. The van der Waals surface area contributed by atoms with E-state index in [1.807, 2.05) is 0 Å². The van der Waals surface area contributed by atoms with Gasteiger partial charge in [-0.2, -0.15) is 0 Å². The Bertz CT molecular complexity index is 300. The summed E-state index contributed by atoms with van der Waals surface area (Å²) in [6, 6.07) is 0. The van der Waals surface area contributed by atoms with Crippen LogP contribution in [-0.4, -0.2) is 27.7 Å². The lowest BCUT2D eigenvalue weighted by atomic mass is 10.00. The lowest BCUT2D eigenvalue weighted by Gasteiger charge is -2.28. The third-order valence-corrected chi connectivity index (χ3v) is 4.64. The van der Waals surface area contributed by atoms with Gasteiger partial charge in [-0.3, -0.25) is 4.21 Å². The van der Waals surface area contributed by atoms with E-state index in [1.165, 1.54) is 0 Å². The van der Waals surface area contributed by atoms with E-state index in [2.05, 4.69) is 0 Å². The molecule has 1 aliphatic rings.